The first kappa shape index (κ1) is 49.5. The SMILES string of the molecule is CCC.I.O=[C-]C[C-]=O.[CH2-]C(=O)CC([CH2-])=O.[W].[W].[Y].[Y]. The normalized spacial score (nSPS) is 5.30. The van der Waals surface area contributed by atoms with E-state index in [2.05, 4.69) is 27.7 Å². The van der Waals surface area contributed by atoms with Gasteiger partial charge in [-0.15, -0.1) is 24.0 Å². The van der Waals surface area contributed by atoms with E-state index < -0.39 is 0 Å². The molecule has 0 bridgehead atoms. The molecule has 0 rings (SSSR count). The van der Waals surface area contributed by atoms with Crippen LogP contribution in [0.2, 0.25) is 0 Å². The quantitative estimate of drug-likeness (QED) is 0.246. The Balaban J connectivity index is -0.0000000169. The van der Waals surface area contributed by atoms with E-state index in [1.165, 1.54) is 19.0 Å². The van der Waals surface area contributed by atoms with Crippen LogP contribution in [0.5, 0.6) is 0 Å². The molecule has 4 nitrogen and oxygen atoms in total. The monoisotopic (exact) mass is 886 g/mol. The van der Waals surface area contributed by atoms with Crippen LogP contribution in [-0.4, -0.2) is 24.1 Å². The van der Waals surface area contributed by atoms with Gasteiger partial charge in [0.15, 0.2) is 0 Å². The van der Waals surface area contributed by atoms with Crippen molar-refractivity contribution < 1.29 is 127 Å². The van der Waals surface area contributed by atoms with Gasteiger partial charge in [0.25, 0.3) is 0 Å². The van der Waals surface area contributed by atoms with Crippen LogP contribution < -0.4 is 0 Å². The molecule has 0 N–H and O–H groups in total. The van der Waals surface area contributed by atoms with Gasteiger partial charge in [-0.05, 0) is 0 Å². The summed E-state index contributed by atoms with van der Waals surface area (Å²) in [4.78, 5) is 37.8. The summed E-state index contributed by atoms with van der Waals surface area (Å²) in [6, 6.07) is 0. The van der Waals surface area contributed by atoms with Gasteiger partial charge in [0.05, 0.1) is 0 Å². The van der Waals surface area contributed by atoms with Gasteiger partial charge in [-0.25, -0.2) is 0 Å². The minimum atomic E-state index is -0.375. The molecule has 0 unspecified atom stereocenters. The van der Waals surface area contributed by atoms with Gasteiger partial charge in [-0.3, -0.25) is 19.0 Å². The molecule has 0 aliphatic heterocycles. The van der Waals surface area contributed by atoms with Crippen LogP contribution in [0.4, 0.5) is 0 Å². The standard InChI is InChI=1S/C5H6O2.C3H2O2.C3H8.HI.2W.2Y/c1-4(6)3-5(2)7;4-2-1-3-5;1-3-2;;;;;/h1-3H2;1H2;3H2,1-2H3;1H;;;;/q2*-2;;;;;;. The van der Waals surface area contributed by atoms with Crippen LogP contribution in [0.25, 0.3) is 0 Å². The number of hydrogen-bond donors (Lipinski definition) is 0. The second kappa shape index (κ2) is 49.5. The molecule has 0 heterocycles. The van der Waals surface area contributed by atoms with Gasteiger partial charge < -0.3 is 33.0 Å². The molecule has 0 atom stereocenters. The summed E-state index contributed by atoms with van der Waals surface area (Å²) in [5.74, 6) is -0.750. The Labute approximate surface area is 218 Å². The summed E-state index contributed by atoms with van der Waals surface area (Å²) in [6.45, 7) is 10.2. The first-order chi connectivity index (χ1) is 6.95. The average Bonchev–Trinajstić information content (AvgIpc) is 2.05. The van der Waals surface area contributed by atoms with Crippen LogP contribution in [0, 0.1) is 13.8 Å². The van der Waals surface area contributed by atoms with Gasteiger partial charge >= 0.3 is 0 Å². The molecule has 0 aromatic carbocycles. The third-order valence-electron chi connectivity index (χ3n) is 0.539. The molecular weight excluding hydrogens is 869 g/mol. The van der Waals surface area contributed by atoms with Gasteiger partial charge in [0.2, 0.25) is 0 Å². The minimum absolute atomic E-state index is 0. The first-order valence-corrected chi connectivity index (χ1v) is 4.35. The zero-order valence-electron chi connectivity index (χ0n) is 11.5. The van der Waals surface area contributed by atoms with Gasteiger partial charge in [0.1, 0.15) is 0 Å². The third-order valence-corrected chi connectivity index (χ3v) is 0.539. The zero-order chi connectivity index (χ0) is 12.7. The van der Waals surface area contributed by atoms with Crippen molar-refractivity contribution in [1.29, 1.82) is 0 Å². The van der Waals surface area contributed by atoms with Crippen LogP contribution >= 0.6 is 24.0 Å². The Morgan fingerprint density at radius 2 is 1.10 bits per heavy atom. The second-order valence-electron chi connectivity index (χ2n) is 2.43. The summed E-state index contributed by atoms with van der Waals surface area (Å²) in [5.41, 5.74) is 0. The molecule has 0 aliphatic carbocycles. The van der Waals surface area contributed by atoms with Crippen molar-refractivity contribution in [2.24, 2.45) is 0 Å². The van der Waals surface area contributed by atoms with Crippen LogP contribution in [0.15, 0.2) is 0 Å². The summed E-state index contributed by atoms with van der Waals surface area (Å²) < 4.78 is 0. The Hall–Kier alpha value is 2.73. The van der Waals surface area contributed by atoms with E-state index in [0.717, 1.165) is 0 Å². The Morgan fingerprint density at radius 3 is 1.10 bits per heavy atom. The van der Waals surface area contributed by atoms with E-state index in [1.54, 1.807) is 0 Å². The maximum atomic E-state index is 9.88. The van der Waals surface area contributed by atoms with Crippen molar-refractivity contribution >= 4 is 48.1 Å². The number of carbonyl (C=O) groups is 2. The predicted octanol–water partition coefficient (Wildman–Crippen LogP) is 1.80. The van der Waals surface area contributed by atoms with Crippen LogP contribution in [-0.2, 0) is 127 Å². The van der Waals surface area contributed by atoms with Crippen molar-refractivity contribution in [3.63, 3.8) is 0 Å². The molecule has 0 fully saturated rings. The number of hydrogen-bond acceptors (Lipinski definition) is 4. The van der Waals surface area contributed by atoms with Crippen molar-refractivity contribution in [2.75, 3.05) is 0 Å². The van der Waals surface area contributed by atoms with E-state index in [4.69, 9.17) is 9.59 Å². The Morgan fingerprint density at radius 1 is 0.900 bits per heavy atom. The molecule has 114 valence electrons. The van der Waals surface area contributed by atoms with E-state index in [-0.39, 0.29) is 156 Å². The molecule has 0 amide bonds. The summed E-state index contributed by atoms with van der Waals surface area (Å²) >= 11 is 0. The molecule has 0 saturated heterocycles. The third kappa shape index (κ3) is 106. The smallest absolute Gasteiger partial charge is 0.00695 e. The Bertz CT molecular complexity index is 191. The maximum Gasteiger partial charge on any atom is 0.00695 e. The largest absolute Gasteiger partial charge is 0.544 e. The summed E-state index contributed by atoms with van der Waals surface area (Å²) in [5, 5.41) is 0. The molecule has 2 radical (unpaired) electrons. The van der Waals surface area contributed by atoms with Gasteiger partial charge in [0, 0.05) is 126 Å². The topological polar surface area (TPSA) is 68.3 Å². The van der Waals surface area contributed by atoms with Crippen molar-refractivity contribution in [2.45, 2.75) is 33.1 Å². The van der Waals surface area contributed by atoms with Crippen LogP contribution in [0.1, 0.15) is 33.1 Å². The molecule has 20 heavy (non-hydrogen) atoms. The van der Waals surface area contributed by atoms with E-state index in [9.17, 15) is 9.59 Å². The molecule has 0 aromatic heterocycles. The van der Waals surface area contributed by atoms with Gasteiger partial charge in [-0.2, -0.15) is 0 Å². The van der Waals surface area contributed by atoms with E-state index >= 15 is 0 Å². The summed E-state index contributed by atoms with van der Waals surface area (Å²) in [6.07, 6.45) is 3.58. The minimum Gasteiger partial charge on any atom is -0.544 e. The fourth-order valence-electron chi connectivity index (χ4n) is 0.249. The van der Waals surface area contributed by atoms with Crippen molar-refractivity contribution in [1.82, 2.24) is 0 Å². The molecular formula is C11H17IO4W2Y2-4. The maximum absolute atomic E-state index is 9.88. The predicted molar refractivity (Wildman–Crippen MR) is 72.7 cm³/mol. The number of ketones is 2. The summed E-state index contributed by atoms with van der Waals surface area (Å²) in [7, 11) is 0. The number of Topliss-reactive ketones (excluding diaryl/α,β-unsaturated/α-hetero) is 2. The van der Waals surface area contributed by atoms with Crippen molar-refractivity contribution in [3.8, 4) is 0 Å². The first-order valence-electron chi connectivity index (χ1n) is 4.35. The van der Waals surface area contributed by atoms with Crippen molar-refractivity contribution in [3.05, 3.63) is 13.8 Å². The van der Waals surface area contributed by atoms with Crippen LogP contribution in [0.3, 0.4) is 0 Å². The molecule has 9 heteroatoms. The zero-order valence-corrected chi connectivity index (χ0v) is 25.4. The molecule has 0 saturated carbocycles. The number of rotatable bonds is 4. The fraction of sp³-hybridized carbons (Fsp3) is 0.455. The second-order valence-corrected chi connectivity index (χ2v) is 2.43. The van der Waals surface area contributed by atoms with Gasteiger partial charge in [-0.1, -0.05) is 20.3 Å². The number of carbonyl (C=O) groups excluding carboxylic acids is 4. The molecule has 0 aliphatic rings. The number of halogens is 1. The van der Waals surface area contributed by atoms with E-state index in [1.807, 2.05) is 0 Å². The Kier molecular flexibility index (Phi) is 123. The average molecular weight is 886 g/mol. The fourth-order valence-corrected chi connectivity index (χ4v) is 0.249. The molecule has 0 spiro atoms. The van der Waals surface area contributed by atoms with E-state index in [0.29, 0.717) is 0 Å². The molecule has 0 aromatic rings.